The third kappa shape index (κ3) is 9.16. The third-order valence-corrected chi connectivity index (χ3v) is 5.09. The largest absolute Gasteiger partial charge is 0.357 e. The van der Waals surface area contributed by atoms with Crippen molar-refractivity contribution in [3.05, 3.63) is 16.1 Å². The topological polar surface area (TPSA) is 78.4 Å². The van der Waals surface area contributed by atoms with Gasteiger partial charge in [0.2, 0.25) is 5.91 Å². The van der Waals surface area contributed by atoms with E-state index in [9.17, 15) is 4.79 Å². The average molecular weight is 493 g/mol. The van der Waals surface area contributed by atoms with Crippen LogP contribution in [0.2, 0.25) is 0 Å². The van der Waals surface area contributed by atoms with Crippen LogP contribution in [-0.4, -0.2) is 42.5 Å². The van der Waals surface area contributed by atoms with E-state index in [-0.39, 0.29) is 29.9 Å². The summed E-state index contributed by atoms with van der Waals surface area (Å²) in [4.78, 5) is 21.0. The van der Waals surface area contributed by atoms with E-state index in [1.54, 1.807) is 11.3 Å². The molecule has 0 aliphatic heterocycles. The highest BCUT2D eigenvalue weighted by atomic mass is 127. The lowest BCUT2D eigenvalue weighted by atomic mass is 9.95. The minimum Gasteiger partial charge on any atom is -0.357 e. The number of nitrogens with zero attached hydrogens (tertiary/aromatic N) is 2. The second-order valence-electron chi connectivity index (χ2n) is 6.45. The fraction of sp³-hybridized carbons (Fsp3) is 0.722. The van der Waals surface area contributed by atoms with Crippen molar-refractivity contribution >= 4 is 47.2 Å². The fourth-order valence-electron chi connectivity index (χ4n) is 2.99. The number of hydrogen-bond donors (Lipinski definition) is 3. The molecule has 0 spiro atoms. The van der Waals surface area contributed by atoms with E-state index in [4.69, 9.17) is 0 Å². The molecule has 8 heteroatoms. The summed E-state index contributed by atoms with van der Waals surface area (Å²) in [5.74, 6) is 0.879. The molecule has 1 aliphatic carbocycles. The predicted octanol–water partition coefficient (Wildman–Crippen LogP) is 3.01. The molecule has 0 saturated heterocycles. The number of amides is 1. The van der Waals surface area contributed by atoms with Crippen LogP contribution in [0.25, 0.3) is 0 Å². The lowest BCUT2D eigenvalue weighted by Crippen LogP contribution is -2.39. The van der Waals surface area contributed by atoms with E-state index in [0.717, 1.165) is 49.0 Å². The molecule has 3 N–H and O–H groups in total. The van der Waals surface area contributed by atoms with Gasteiger partial charge in [0.05, 0.1) is 17.2 Å². The Morgan fingerprint density at radius 1 is 1.31 bits per heavy atom. The number of aromatic nitrogens is 1. The number of aliphatic imine (C=N–C) groups is 1. The molecule has 2 rings (SSSR count). The summed E-state index contributed by atoms with van der Waals surface area (Å²) in [5.41, 5.74) is 1.11. The zero-order valence-electron chi connectivity index (χ0n) is 15.8. The van der Waals surface area contributed by atoms with Crippen LogP contribution >= 0.6 is 35.3 Å². The predicted molar refractivity (Wildman–Crippen MR) is 120 cm³/mol. The molecular formula is C18H32IN5OS. The molecule has 0 radical (unpaired) electrons. The van der Waals surface area contributed by atoms with Crippen LogP contribution in [0, 0.1) is 6.92 Å². The number of carbonyl (C=O) groups is 1. The molecule has 1 aromatic rings. The Hall–Kier alpha value is -0.900. The first-order chi connectivity index (χ1) is 12.2. The van der Waals surface area contributed by atoms with Crippen molar-refractivity contribution in [1.29, 1.82) is 0 Å². The van der Waals surface area contributed by atoms with Crippen LogP contribution in [0.5, 0.6) is 0 Å². The zero-order valence-corrected chi connectivity index (χ0v) is 19.0. The van der Waals surface area contributed by atoms with Crippen molar-refractivity contribution in [3.63, 3.8) is 0 Å². The number of nitrogens with one attached hydrogen (secondary N) is 3. The highest BCUT2D eigenvalue weighted by molar-refractivity contribution is 14.0. The first-order valence-electron chi connectivity index (χ1n) is 9.40. The number of aryl methyl sites for hydroxylation is 1. The summed E-state index contributed by atoms with van der Waals surface area (Å²) >= 11 is 1.68. The van der Waals surface area contributed by atoms with Gasteiger partial charge in [0.1, 0.15) is 0 Å². The van der Waals surface area contributed by atoms with Gasteiger partial charge in [0, 0.05) is 37.4 Å². The maximum Gasteiger partial charge on any atom is 0.222 e. The van der Waals surface area contributed by atoms with Crippen LogP contribution in [-0.2, 0) is 11.2 Å². The Labute approximate surface area is 178 Å². The molecular weight excluding hydrogens is 461 g/mol. The Morgan fingerprint density at radius 3 is 2.73 bits per heavy atom. The summed E-state index contributed by atoms with van der Waals surface area (Å²) in [6.45, 7) is 6.14. The standard InChI is InChI=1S/C18H31N5OS.HI/c1-3-19-18(20-11-9-16-13-25-14(2)22-16)21-12-10-17(24)23-15-7-5-4-6-8-15;/h13,15H,3-12H2,1-2H3,(H,23,24)(H2,19,20,21);1H. The van der Waals surface area contributed by atoms with Gasteiger partial charge < -0.3 is 16.0 Å². The van der Waals surface area contributed by atoms with Gasteiger partial charge in [0.15, 0.2) is 5.96 Å². The van der Waals surface area contributed by atoms with Crippen molar-refractivity contribution in [2.45, 2.75) is 64.8 Å². The van der Waals surface area contributed by atoms with Crippen molar-refractivity contribution in [2.24, 2.45) is 4.99 Å². The van der Waals surface area contributed by atoms with Crippen molar-refractivity contribution in [3.8, 4) is 0 Å². The molecule has 0 aromatic carbocycles. The molecule has 1 amide bonds. The molecule has 6 nitrogen and oxygen atoms in total. The Balaban J connectivity index is 0.00000338. The minimum absolute atomic E-state index is 0. The first-order valence-corrected chi connectivity index (χ1v) is 10.3. The Bertz CT molecular complexity index is 558. The Kier molecular flexibility index (Phi) is 11.8. The average Bonchev–Trinajstić information content (AvgIpc) is 3.01. The number of halogens is 1. The van der Waals surface area contributed by atoms with Crippen molar-refractivity contribution < 1.29 is 4.79 Å². The Morgan fingerprint density at radius 2 is 2.08 bits per heavy atom. The lowest BCUT2D eigenvalue weighted by molar-refractivity contribution is -0.121. The second-order valence-corrected chi connectivity index (χ2v) is 7.51. The zero-order chi connectivity index (χ0) is 17.9. The normalized spacial score (nSPS) is 15.2. The molecule has 1 fully saturated rings. The maximum absolute atomic E-state index is 12.0. The summed E-state index contributed by atoms with van der Waals surface area (Å²) in [6.07, 6.45) is 7.32. The number of carbonyl (C=O) groups excluding carboxylic acids is 1. The highest BCUT2D eigenvalue weighted by Crippen LogP contribution is 2.17. The van der Waals surface area contributed by atoms with E-state index in [0.29, 0.717) is 19.0 Å². The molecule has 1 saturated carbocycles. The summed E-state index contributed by atoms with van der Waals surface area (Å²) in [7, 11) is 0. The van der Waals surface area contributed by atoms with Crippen LogP contribution in [0.3, 0.4) is 0 Å². The monoisotopic (exact) mass is 493 g/mol. The quantitative estimate of drug-likeness (QED) is 0.296. The van der Waals surface area contributed by atoms with Gasteiger partial charge in [0.25, 0.3) is 0 Å². The molecule has 0 atom stereocenters. The van der Waals surface area contributed by atoms with Crippen molar-refractivity contribution in [1.82, 2.24) is 20.9 Å². The summed E-state index contributed by atoms with van der Waals surface area (Å²) in [6, 6.07) is 0.373. The van der Waals surface area contributed by atoms with Gasteiger partial charge in [-0.2, -0.15) is 0 Å². The van der Waals surface area contributed by atoms with Gasteiger partial charge in [-0.05, 0) is 26.7 Å². The summed E-state index contributed by atoms with van der Waals surface area (Å²) in [5, 5.41) is 12.9. The smallest absolute Gasteiger partial charge is 0.222 e. The van der Waals surface area contributed by atoms with Gasteiger partial charge in [-0.3, -0.25) is 9.79 Å². The lowest BCUT2D eigenvalue weighted by Gasteiger charge is -2.22. The highest BCUT2D eigenvalue weighted by Gasteiger charge is 2.15. The molecule has 1 heterocycles. The first kappa shape index (κ1) is 23.1. The fourth-order valence-corrected chi connectivity index (χ4v) is 3.64. The minimum atomic E-state index is 0. The van der Waals surface area contributed by atoms with E-state index in [1.165, 1.54) is 19.3 Å². The molecule has 26 heavy (non-hydrogen) atoms. The number of hydrogen-bond acceptors (Lipinski definition) is 4. The third-order valence-electron chi connectivity index (χ3n) is 4.26. The van der Waals surface area contributed by atoms with Gasteiger partial charge in [-0.25, -0.2) is 4.98 Å². The molecule has 0 unspecified atom stereocenters. The van der Waals surface area contributed by atoms with Crippen LogP contribution in [0.15, 0.2) is 10.4 Å². The number of thiazole rings is 1. The van der Waals surface area contributed by atoms with E-state index in [2.05, 4.69) is 31.3 Å². The van der Waals surface area contributed by atoms with Gasteiger partial charge in [-0.15, -0.1) is 35.3 Å². The van der Waals surface area contributed by atoms with Crippen LogP contribution in [0.1, 0.15) is 56.2 Å². The van der Waals surface area contributed by atoms with Gasteiger partial charge in [-0.1, -0.05) is 19.3 Å². The van der Waals surface area contributed by atoms with E-state index >= 15 is 0 Å². The molecule has 0 bridgehead atoms. The maximum atomic E-state index is 12.0. The SMILES string of the molecule is CCNC(=NCCC(=O)NC1CCCCC1)NCCc1csc(C)n1.I. The molecule has 1 aromatic heterocycles. The number of guanidine groups is 1. The van der Waals surface area contributed by atoms with Gasteiger partial charge >= 0.3 is 0 Å². The van der Waals surface area contributed by atoms with Crippen LogP contribution < -0.4 is 16.0 Å². The van der Waals surface area contributed by atoms with E-state index < -0.39 is 0 Å². The molecule has 148 valence electrons. The summed E-state index contributed by atoms with van der Waals surface area (Å²) < 4.78 is 0. The second kappa shape index (κ2) is 13.3. The van der Waals surface area contributed by atoms with E-state index in [1.807, 2.05) is 13.8 Å². The molecule has 1 aliphatic rings. The van der Waals surface area contributed by atoms with Crippen molar-refractivity contribution in [2.75, 3.05) is 19.6 Å². The van der Waals surface area contributed by atoms with Crippen LogP contribution in [0.4, 0.5) is 0 Å². The number of rotatable bonds is 8.